The SMILES string of the molecule is COc1ccc2c(=O)/c(=C\c3ccc(Cl)cc3)oc3cccc1c32. The molecule has 0 aliphatic carbocycles. The fraction of sp³-hybridized carbons (Fsp3) is 0.0500. The van der Waals surface area contributed by atoms with Crippen LogP contribution in [-0.4, -0.2) is 7.11 Å². The summed E-state index contributed by atoms with van der Waals surface area (Å²) < 4.78 is 11.3. The number of hydrogen-bond acceptors (Lipinski definition) is 3. The molecule has 4 aromatic rings. The molecule has 0 fully saturated rings. The summed E-state index contributed by atoms with van der Waals surface area (Å²) in [5.74, 6) is 0.720. The summed E-state index contributed by atoms with van der Waals surface area (Å²) in [6.07, 6.45) is 1.73. The molecule has 3 aromatic carbocycles. The highest BCUT2D eigenvalue weighted by Crippen LogP contribution is 2.31. The van der Waals surface area contributed by atoms with Crippen molar-refractivity contribution in [1.29, 1.82) is 0 Å². The molecule has 0 amide bonds. The summed E-state index contributed by atoms with van der Waals surface area (Å²) >= 11 is 5.90. The molecule has 0 atom stereocenters. The lowest BCUT2D eigenvalue weighted by Gasteiger charge is -2.08. The maximum Gasteiger partial charge on any atom is 0.228 e. The van der Waals surface area contributed by atoms with Crippen LogP contribution in [0.3, 0.4) is 0 Å². The Morgan fingerprint density at radius 3 is 2.54 bits per heavy atom. The van der Waals surface area contributed by atoms with Gasteiger partial charge in [0.2, 0.25) is 5.43 Å². The number of methoxy groups -OCH3 is 1. The van der Waals surface area contributed by atoms with Crippen LogP contribution in [0.5, 0.6) is 5.75 Å². The summed E-state index contributed by atoms with van der Waals surface area (Å²) in [5.41, 5.74) is 1.66. The van der Waals surface area contributed by atoms with E-state index in [1.807, 2.05) is 36.4 Å². The van der Waals surface area contributed by atoms with E-state index in [9.17, 15) is 4.79 Å². The van der Waals surface area contributed by atoms with E-state index in [-0.39, 0.29) is 5.43 Å². The van der Waals surface area contributed by atoms with Crippen molar-refractivity contribution in [3.63, 3.8) is 0 Å². The zero-order chi connectivity index (χ0) is 16.7. The zero-order valence-electron chi connectivity index (χ0n) is 12.9. The molecule has 0 unspecified atom stereocenters. The van der Waals surface area contributed by atoms with Gasteiger partial charge in [-0.25, -0.2) is 0 Å². The molecule has 1 aromatic heterocycles. The predicted molar refractivity (Wildman–Crippen MR) is 96.8 cm³/mol. The molecule has 3 nitrogen and oxygen atoms in total. The average molecular weight is 337 g/mol. The Hall–Kier alpha value is -2.78. The fourth-order valence-corrected chi connectivity index (χ4v) is 3.03. The van der Waals surface area contributed by atoms with Crippen molar-refractivity contribution < 1.29 is 9.15 Å². The minimum atomic E-state index is -0.142. The molecular weight excluding hydrogens is 324 g/mol. The molecule has 0 radical (unpaired) electrons. The number of ether oxygens (including phenoxy) is 1. The van der Waals surface area contributed by atoms with Crippen molar-refractivity contribution in [3.8, 4) is 5.75 Å². The fourth-order valence-electron chi connectivity index (χ4n) is 2.90. The molecule has 0 N–H and O–H groups in total. The summed E-state index contributed by atoms with van der Waals surface area (Å²) in [4.78, 5) is 12.8. The first-order valence-corrected chi connectivity index (χ1v) is 7.85. The molecule has 4 heteroatoms. The van der Waals surface area contributed by atoms with Crippen molar-refractivity contribution in [2.75, 3.05) is 7.11 Å². The lowest BCUT2D eigenvalue weighted by atomic mass is 10.0. The topological polar surface area (TPSA) is 39.4 Å². The summed E-state index contributed by atoms with van der Waals surface area (Å²) in [6, 6.07) is 16.5. The third-order valence-electron chi connectivity index (χ3n) is 4.04. The number of halogens is 1. The van der Waals surface area contributed by atoms with Crippen LogP contribution in [0.1, 0.15) is 5.56 Å². The summed E-state index contributed by atoms with van der Waals surface area (Å²) in [6.45, 7) is 0. The van der Waals surface area contributed by atoms with Gasteiger partial charge in [-0.05, 0) is 42.0 Å². The van der Waals surface area contributed by atoms with Crippen LogP contribution < -0.4 is 15.6 Å². The van der Waals surface area contributed by atoms with Crippen LogP contribution in [-0.2, 0) is 0 Å². The van der Waals surface area contributed by atoms with Gasteiger partial charge in [-0.2, -0.15) is 0 Å². The van der Waals surface area contributed by atoms with Gasteiger partial charge in [0.25, 0.3) is 0 Å². The van der Waals surface area contributed by atoms with Gasteiger partial charge in [-0.3, -0.25) is 4.79 Å². The Morgan fingerprint density at radius 1 is 1.00 bits per heavy atom. The highest BCUT2D eigenvalue weighted by molar-refractivity contribution is 6.30. The third-order valence-corrected chi connectivity index (χ3v) is 4.29. The highest BCUT2D eigenvalue weighted by atomic mass is 35.5. The van der Waals surface area contributed by atoms with Crippen molar-refractivity contribution in [1.82, 2.24) is 0 Å². The second-order valence-electron chi connectivity index (χ2n) is 5.49. The monoisotopic (exact) mass is 336 g/mol. The van der Waals surface area contributed by atoms with Crippen LogP contribution in [0, 0.1) is 0 Å². The molecule has 0 saturated carbocycles. The molecule has 4 rings (SSSR count). The van der Waals surface area contributed by atoms with Crippen molar-refractivity contribution in [2.45, 2.75) is 0 Å². The average Bonchev–Trinajstić information content (AvgIpc) is 2.61. The molecule has 0 aliphatic rings. The van der Waals surface area contributed by atoms with E-state index in [0.717, 1.165) is 22.1 Å². The minimum Gasteiger partial charge on any atom is -0.496 e. The summed E-state index contributed by atoms with van der Waals surface area (Å²) in [7, 11) is 1.61. The standard InChI is InChI=1S/C20H13ClO3/c1-23-16-10-9-15-19-14(16)3-2-4-17(19)24-18(20(15)22)11-12-5-7-13(21)8-6-12/h2-11H,1H3/b18-11+. The van der Waals surface area contributed by atoms with Gasteiger partial charge in [0.05, 0.1) is 7.11 Å². The second kappa shape index (κ2) is 5.69. The van der Waals surface area contributed by atoms with Crippen molar-refractivity contribution >= 4 is 39.4 Å². The maximum atomic E-state index is 12.8. The van der Waals surface area contributed by atoms with Crippen LogP contribution in [0.4, 0.5) is 0 Å². The molecule has 0 saturated heterocycles. The predicted octanol–water partition coefficient (Wildman–Crippen LogP) is 4.16. The van der Waals surface area contributed by atoms with Gasteiger partial charge in [0.15, 0.2) is 5.42 Å². The van der Waals surface area contributed by atoms with Crippen molar-refractivity contribution in [3.05, 3.63) is 80.8 Å². The lowest BCUT2D eigenvalue weighted by Crippen LogP contribution is -2.24. The Labute approximate surface area is 142 Å². The van der Waals surface area contributed by atoms with E-state index in [4.69, 9.17) is 20.8 Å². The lowest BCUT2D eigenvalue weighted by molar-refractivity contribution is 0.420. The Morgan fingerprint density at radius 2 is 1.79 bits per heavy atom. The molecule has 1 heterocycles. The first-order valence-electron chi connectivity index (χ1n) is 7.47. The highest BCUT2D eigenvalue weighted by Gasteiger charge is 2.12. The van der Waals surface area contributed by atoms with Gasteiger partial charge in [-0.15, -0.1) is 0 Å². The van der Waals surface area contributed by atoms with Gasteiger partial charge in [0.1, 0.15) is 11.3 Å². The Bertz CT molecular complexity index is 1160. The van der Waals surface area contributed by atoms with Gasteiger partial charge >= 0.3 is 0 Å². The van der Waals surface area contributed by atoms with Gasteiger partial charge < -0.3 is 9.15 Å². The molecule has 0 bridgehead atoms. The van der Waals surface area contributed by atoms with E-state index < -0.39 is 0 Å². The van der Waals surface area contributed by atoms with E-state index >= 15 is 0 Å². The van der Waals surface area contributed by atoms with Crippen molar-refractivity contribution in [2.24, 2.45) is 0 Å². The first-order chi connectivity index (χ1) is 11.7. The Kier molecular flexibility index (Phi) is 3.51. The maximum absolute atomic E-state index is 12.8. The van der Waals surface area contributed by atoms with E-state index in [2.05, 4.69) is 0 Å². The van der Waals surface area contributed by atoms with Gasteiger partial charge in [-0.1, -0.05) is 35.9 Å². The van der Waals surface area contributed by atoms with E-state index in [0.29, 0.717) is 21.4 Å². The smallest absolute Gasteiger partial charge is 0.228 e. The molecular formula is C20H13ClO3. The first kappa shape index (κ1) is 14.8. The molecule has 24 heavy (non-hydrogen) atoms. The molecule has 0 spiro atoms. The van der Waals surface area contributed by atoms with E-state index in [1.54, 1.807) is 31.4 Å². The molecule has 0 aliphatic heterocycles. The van der Waals surface area contributed by atoms with Crippen LogP contribution in [0.2, 0.25) is 5.02 Å². The second-order valence-corrected chi connectivity index (χ2v) is 5.92. The number of benzene rings is 3. The van der Waals surface area contributed by atoms with Gasteiger partial charge in [0, 0.05) is 21.2 Å². The van der Waals surface area contributed by atoms with Crippen LogP contribution >= 0.6 is 11.6 Å². The normalized spacial score (nSPS) is 12.2. The van der Waals surface area contributed by atoms with E-state index in [1.165, 1.54) is 0 Å². The number of hydrogen-bond donors (Lipinski definition) is 0. The minimum absolute atomic E-state index is 0.142. The van der Waals surface area contributed by atoms with Crippen LogP contribution in [0.25, 0.3) is 27.8 Å². The zero-order valence-corrected chi connectivity index (χ0v) is 13.6. The molecule has 118 valence electrons. The largest absolute Gasteiger partial charge is 0.496 e. The quantitative estimate of drug-likeness (QED) is 0.552. The Balaban J connectivity index is 2.08. The number of rotatable bonds is 2. The summed E-state index contributed by atoms with van der Waals surface area (Å²) in [5, 5.41) is 2.92. The van der Waals surface area contributed by atoms with Crippen LogP contribution in [0.15, 0.2) is 63.8 Å². The third kappa shape index (κ3) is 2.34.